The maximum absolute atomic E-state index is 14.2. The molecule has 2 aromatic heterocycles. The van der Waals surface area contributed by atoms with Gasteiger partial charge in [0.15, 0.2) is 0 Å². The maximum atomic E-state index is 14.2. The number of hydrogen-bond acceptors (Lipinski definition) is 7. The predicted octanol–water partition coefficient (Wildman–Crippen LogP) is 5.28. The first kappa shape index (κ1) is 34.5. The number of phosphoric ester groups is 1. The Kier molecular flexibility index (Phi) is 9.55. The van der Waals surface area contributed by atoms with Crippen molar-refractivity contribution in [3.63, 3.8) is 0 Å². The van der Waals surface area contributed by atoms with E-state index in [2.05, 4.69) is 25.6 Å². The lowest BCUT2D eigenvalue weighted by molar-refractivity contribution is -0.138. The lowest BCUT2D eigenvalue weighted by Gasteiger charge is -2.34. The van der Waals surface area contributed by atoms with Gasteiger partial charge in [-0.3, -0.25) is 14.1 Å². The molecule has 17 heteroatoms. The molecule has 2 atom stereocenters. The van der Waals surface area contributed by atoms with Gasteiger partial charge in [0.05, 0.1) is 29.2 Å². The molecule has 250 valence electrons. The summed E-state index contributed by atoms with van der Waals surface area (Å²) in [6.45, 7) is 6.47. The standard InChI is InChI=1S/C30H30BrF3N5O7P/c1-16-11-18(3)39(36-16)29-35-26-14-37(27(40)20-5-10-25(31)24(13-20)30(32,33)34)17(2)12-23(26)28(41)38(29)21-6-8-22(9-7-21)45-15-19(4)46-47(42,43)44/h5-11,13,17,19H,12,14-15H2,1-4H3,(H2,42,43,44). The third-order valence-corrected chi connectivity index (χ3v) is 8.80. The minimum Gasteiger partial charge on any atom is -0.491 e. The van der Waals surface area contributed by atoms with E-state index >= 15 is 0 Å². The average molecular weight is 740 g/mol. The summed E-state index contributed by atoms with van der Waals surface area (Å²) >= 11 is 2.90. The van der Waals surface area contributed by atoms with Gasteiger partial charge in [-0.15, -0.1) is 0 Å². The van der Waals surface area contributed by atoms with Gasteiger partial charge in [-0.25, -0.2) is 18.8 Å². The van der Waals surface area contributed by atoms with Gasteiger partial charge in [0, 0.05) is 27.3 Å². The fraction of sp³-hybridized carbons (Fsp3) is 0.333. The topological polar surface area (TPSA) is 149 Å². The summed E-state index contributed by atoms with van der Waals surface area (Å²) in [4.78, 5) is 51.9. The highest BCUT2D eigenvalue weighted by molar-refractivity contribution is 9.10. The van der Waals surface area contributed by atoms with Crippen LogP contribution in [0.3, 0.4) is 0 Å². The van der Waals surface area contributed by atoms with Crippen LogP contribution in [0.1, 0.15) is 52.4 Å². The van der Waals surface area contributed by atoms with Crippen LogP contribution in [0, 0.1) is 13.8 Å². The second-order valence-corrected chi connectivity index (χ2v) is 13.3. The van der Waals surface area contributed by atoms with Crippen LogP contribution in [0.15, 0.2) is 57.8 Å². The van der Waals surface area contributed by atoms with Gasteiger partial charge in [-0.05, 0) is 82.6 Å². The SMILES string of the molecule is Cc1cc(C)n(-c2nc3c(c(=O)n2-c2ccc(OCC(C)OP(=O)(O)O)cc2)CC(C)N(C(=O)c2ccc(Br)c(C(F)(F)F)c2)C3)n1. The molecular weight excluding hydrogens is 710 g/mol. The van der Waals surface area contributed by atoms with Crippen molar-refractivity contribution < 1.29 is 41.6 Å². The number of alkyl halides is 3. The number of aromatic nitrogens is 4. The van der Waals surface area contributed by atoms with E-state index in [0.29, 0.717) is 34.1 Å². The zero-order valence-corrected chi connectivity index (χ0v) is 28.0. The summed E-state index contributed by atoms with van der Waals surface area (Å²) in [5, 5.41) is 4.51. The number of rotatable bonds is 8. The van der Waals surface area contributed by atoms with Crippen molar-refractivity contribution in [2.24, 2.45) is 0 Å². The molecule has 0 saturated heterocycles. The molecule has 0 radical (unpaired) electrons. The van der Waals surface area contributed by atoms with E-state index < -0.39 is 43.2 Å². The van der Waals surface area contributed by atoms with Crippen molar-refractivity contribution in [3.05, 3.63) is 97.1 Å². The first-order valence-corrected chi connectivity index (χ1v) is 16.6. The van der Waals surface area contributed by atoms with E-state index in [1.165, 1.54) is 33.2 Å². The minimum absolute atomic E-state index is 0.103. The van der Waals surface area contributed by atoms with Crippen molar-refractivity contribution in [3.8, 4) is 17.4 Å². The first-order valence-electron chi connectivity index (χ1n) is 14.3. The van der Waals surface area contributed by atoms with Crippen molar-refractivity contribution in [1.29, 1.82) is 0 Å². The smallest absolute Gasteiger partial charge is 0.469 e. The number of nitrogens with zero attached hydrogens (tertiary/aromatic N) is 5. The van der Waals surface area contributed by atoms with E-state index in [0.717, 1.165) is 6.07 Å². The van der Waals surface area contributed by atoms with Gasteiger partial charge in [0.2, 0.25) is 5.95 Å². The number of carbonyl (C=O) groups is 1. The molecule has 0 saturated carbocycles. The molecule has 3 heterocycles. The molecule has 0 fully saturated rings. The fourth-order valence-corrected chi connectivity index (χ4v) is 6.34. The maximum Gasteiger partial charge on any atom is 0.469 e. The van der Waals surface area contributed by atoms with Crippen LogP contribution in [0.25, 0.3) is 11.6 Å². The fourth-order valence-electron chi connectivity index (χ4n) is 5.34. The Morgan fingerprint density at radius 3 is 2.43 bits per heavy atom. The molecule has 1 aliphatic heterocycles. The van der Waals surface area contributed by atoms with Gasteiger partial charge >= 0.3 is 14.0 Å². The Morgan fingerprint density at radius 2 is 1.83 bits per heavy atom. The molecule has 47 heavy (non-hydrogen) atoms. The third kappa shape index (κ3) is 7.52. The number of aryl methyl sites for hydroxylation is 2. The van der Waals surface area contributed by atoms with Crippen molar-refractivity contribution in [1.82, 2.24) is 24.2 Å². The van der Waals surface area contributed by atoms with Gasteiger partial charge < -0.3 is 19.4 Å². The molecule has 1 amide bonds. The van der Waals surface area contributed by atoms with Crippen molar-refractivity contribution >= 4 is 29.7 Å². The molecule has 2 unspecified atom stereocenters. The summed E-state index contributed by atoms with van der Waals surface area (Å²) in [7, 11) is -4.68. The number of carbonyl (C=O) groups excluding carboxylic acids is 1. The molecule has 2 aromatic carbocycles. The Morgan fingerprint density at radius 1 is 1.15 bits per heavy atom. The molecule has 0 aliphatic carbocycles. The summed E-state index contributed by atoms with van der Waals surface area (Å²) in [5.41, 5.74) is 0.882. The molecule has 0 bridgehead atoms. The molecule has 1 aliphatic rings. The second kappa shape index (κ2) is 13.0. The molecule has 5 rings (SSSR count). The molecule has 2 N–H and O–H groups in total. The van der Waals surface area contributed by atoms with E-state index in [9.17, 15) is 27.3 Å². The molecular formula is C30H30BrF3N5O7P. The van der Waals surface area contributed by atoms with Gasteiger partial charge in [-0.2, -0.15) is 18.3 Å². The largest absolute Gasteiger partial charge is 0.491 e. The predicted molar refractivity (Wildman–Crippen MR) is 167 cm³/mol. The Balaban J connectivity index is 1.52. The van der Waals surface area contributed by atoms with Crippen LogP contribution < -0.4 is 10.3 Å². The molecule has 12 nitrogen and oxygen atoms in total. The average Bonchev–Trinajstić information content (AvgIpc) is 3.32. The highest BCUT2D eigenvalue weighted by Gasteiger charge is 2.36. The van der Waals surface area contributed by atoms with Crippen LogP contribution in [-0.2, 0) is 28.2 Å². The zero-order chi connectivity index (χ0) is 34.4. The van der Waals surface area contributed by atoms with Crippen molar-refractivity contribution in [2.45, 2.75) is 59.0 Å². The zero-order valence-electron chi connectivity index (χ0n) is 25.5. The Hall–Kier alpha value is -3.82. The van der Waals surface area contributed by atoms with Gasteiger partial charge in [0.25, 0.3) is 11.5 Å². The number of ether oxygens (including phenoxy) is 1. The third-order valence-electron chi connectivity index (χ3n) is 7.47. The number of amides is 1. The van der Waals surface area contributed by atoms with Crippen LogP contribution >= 0.6 is 23.8 Å². The van der Waals surface area contributed by atoms with Crippen LogP contribution in [0.4, 0.5) is 13.2 Å². The highest BCUT2D eigenvalue weighted by atomic mass is 79.9. The number of benzene rings is 2. The summed E-state index contributed by atoms with van der Waals surface area (Å²) in [5.74, 6) is -0.136. The number of phosphoric acid groups is 1. The Bertz CT molecular complexity index is 1940. The van der Waals surface area contributed by atoms with Crippen LogP contribution in [0.2, 0.25) is 0 Å². The lowest BCUT2D eigenvalue weighted by atomic mass is 9.98. The quantitative estimate of drug-likeness (QED) is 0.230. The van der Waals surface area contributed by atoms with Crippen LogP contribution in [-0.4, -0.2) is 58.7 Å². The van der Waals surface area contributed by atoms with E-state index in [1.807, 2.05) is 0 Å². The summed E-state index contributed by atoms with van der Waals surface area (Å²) in [6.07, 6.45) is -5.46. The second-order valence-electron chi connectivity index (χ2n) is 11.2. The number of hydrogen-bond donors (Lipinski definition) is 2. The van der Waals surface area contributed by atoms with Gasteiger partial charge in [0.1, 0.15) is 18.5 Å². The first-order chi connectivity index (χ1) is 21.9. The number of halogens is 4. The van der Waals surface area contributed by atoms with Gasteiger partial charge in [-0.1, -0.05) is 15.9 Å². The highest BCUT2D eigenvalue weighted by Crippen LogP contribution is 2.38. The van der Waals surface area contributed by atoms with Crippen molar-refractivity contribution in [2.75, 3.05) is 6.61 Å². The Labute approximate surface area is 275 Å². The molecule has 4 aromatic rings. The van der Waals surface area contributed by atoms with E-state index in [-0.39, 0.29) is 35.6 Å². The summed E-state index contributed by atoms with van der Waals surface area (Å²) in [6, 6.07) is 10.9. The van der Waals surface area contributed by atoms with E-state index in [4.69, 9.17) is 19.5 Å². The number of fused-ring (bicyclic) bond motifs is 1. The normalized spacial score (nSPS) is 15.8. The lowest BCUT2D eigenvalue weighted by Crippen LogP contribution is -2.46. The minimum atomic E-state index is -4.68. The van der Waals surface area contributed by atoms with Crippen LogP contribution in [0.5, 0.6) is 5.75 Å². The molecule has 0 spiro atoms. The summed E-state index contributed by atoms with van der Waals surface area (Å²) < 4.78 is 64.6. The monoisotopic (exact) mass is 739 g/mol. The van der Waals surface area contributed by atoms with E-state index in [1.54, 1.807) is 51.1 Å².